The van der Waals surface area contributed by atoms with Crippen LogP contribution in [0.4, 0.5) is 0 Å². The summed E-state index contributed by atoms with van der Waals surface area (Å²) < 4.78 is 4.87. The molecule has 21 heavy (non-hydrogen) atoms. The van der Waals surface area contributed by atoms with Crippen molar-refractivity contribution in [3.8, 4) is 11.8 Å². The molecule has 7 heteroatoms. The van der Waals surface area contributed by atoms with Gasteiger partial charge in [-0.15, -0.1) is 0 Å². The molecule has 2 amide bonds. The van der Waals surface area contributed by atoms with Crippen molar-refractivity contribution in [3.05, 3.63) is 29.8 Å². The Balaban J connectivity index is 2.80. The largest absolute Gasteiger partial charge is 0.427 e. The Labute approximate surface area is 121 Å². The summed E-state index contributed by atoms with van der Waals surface area (Å²) in [5.74, 6) is -1.53. The molecule has 1 aromatic carbocycles. The molecule has 0 aromatic heterocycles. The molecule has 0 aliphatic heterocycles. The minimum absolute atomic E-state index is 0.0986. The Hall–Kier alpha value is -2.88. The number of hydrogen-bond acceptors (Lipinski definition) is 5. The molecule has 1 aromatic rings. The van der Waals surface area contributed by atoms with Gasteiger partial charge in [-0.3, -0.25) is 14.4 Å². The number of esters is 1. The van der Waals surface area contributed by atoms with E-state index in [1.54, 1.807) is 6.07 Å². The maximum absolute atomic E-state index is 12.0. The number of rotatable bonds is 6. The van der Waals surface area contributed by atoms with Crippen LogP contribution < -0.4 is 15.8 Å². The van der Waals surface area contributed by atoms with Crippen molar-refractivity contribution in [3.63, 3.8) is 0 Å². The van der Waals surface area contributed by atoms with E-state index in [9.17, 15) is 14.4 Å². The number of nitriles is 1. The van der Waals surface area contributed by atoms with Crippen molar-refractivity contribution in [1.82, 2.24) is 5.32 Å². The number of nitrogens with two attached hydrogens (primary N) is 1. The molecule has 0 aliphatic carbocycles. The molecule has 0 bridgehead atoms. The maximum Gasteiger partial charge on any atom is 0.308 e. The quantitative estimate of drug-likeness (QED) is 0.583. The minimum atomic E-state index is -0.922. The lowest BCUT2D eigenvalue weighted by molar-refractivity contribution is -0.131. The van der Waals surface area contributed by atoms with Gasteiger partial charge < -0.3 is 15.8 Å². The second kappa shape index (κ2) is 7.65. The van der Waals surface area contributed by atoms with E-state index in [0.717, 1.165) is 0 Å². The predicted octanol–water partition coefficient (Wildman–Crippen LogP) is 0.499. The van der Waals surface area contributed by atoms with Crippen LogP contribution in [-0.2, 0) is 9.59 Å². The number of nitrogens with zero attached hydrogens (tertiary/aromatic N) is 1. The lowest BCUT2D eigenvalue weighted by Crippen LogP contribution is -2.44. The molecule has 3 N–H and O–H groups in total. The van der Waals surface area contributed by atoms with E-state index in [4.69, 9.17) is 15.7 Å². The fourth-order valence-corrected chi connectivity index (χ4v) is 1.60. The molecule has 0 aliphatic rings. The Kier molecular flexibility index (Phi) is 5.89. The third kappa shape index (κ3) is 5.32. The Morgan fingerprint density at radius 3 is 2.71 bits per heavy atom. The van der Waals surface area contributed by atoms with E-state index in [0.29, 0.717) is 0 Å². The van der Waals surface area contributed by atoms with Gasteiger partial charge >= 0.3 is 5.97 Å². The first-order chi connectivity index (χ1) is 9.93. The zero-order valence-electron chi connectivity index (χ0n) is 11.5. The van der Waals surface area contributed by atoms with Crippen molar-refractivity contribution in [2.75, 3.05) is 0 Å². The van der Waals surface area contributed by atoms with Gasteiger partial charge in [0.05, 0.1) is 6.07 Å². The summed E-state index contributed by atoms with van der Waals surface area (Å²) in [7, 11) is 0. The van der Waals surface area contributed by atoms with Crippen molar-refractivity contribution in [2.45, 2.75) is 25.8 Å². The SMILES string of the molecule is CC(=O)Oc1cccc(C(=O)N[C@H](CCC#N)C(N)=O)c1. The van der Waals surface area contributed by atoms with E-state index in [1.165, 1.54) is 25.1 Å². The summed E-state index contributed by atoms with van der Waals surface area (Å²) in [5, 5.41) is 10.9. The van der Waals surface area contributed by atoms with Crippen LogP contribution in [-0.4, -0.2) is 23.8 Å². The van der Waals surface area contributed by atoms with E-state index < -0.39 is 23.8 Å². The van der Waals surface area contributed by atoms with E-state index in [-0.39, 0.29) is 24.2 Å². The zero-order chi connectivity index (χ0) is 15.8. The molecule has 0 unspecified atom stereocenters. The summed E-state index contributed by atoms with van der Waals surface area (Å²) in [6, 6.07) is 6.91. The molecular formula is C14H15N3O4. The minimum Gasteiger partial charge on any atom is -0.427 e. The van der Waals surface area contributed by atoms with E-state index in [1.807, 2.05) is 6.07 Å². The van der Waals surface area contributed by atoms with Crippen LogP contribution in [0.15, 0.2) is 24.3 Å². The van der Waals surface area contributed by atoms with Crippen molar-refractivity contribution >= 4 is 17.8 Å². The van der Waals surface area contributed by atoms with Crippen LogP contribution in [0.1, 0.15) is 30.1 Å². The molecule has 110 valence electrons. The average Bonchev–Trinajstić information content (AvgIpc) is 2.42. The predicted molar refractivity (Wildman–Crippen MR) is 73.0 cm³/mol. The van der Waals surface area contributed by atoms with E-state index >= 15 is 0 Å². The van der Waals surface area contributed by atoms with Crippen molar-refractivity contribution in [1.29, 1.82) is 5.26 Å². The van der Waals surface area contributed by atoms with Crippen LogP contribution in [0.25, 0.3) is 0 Å². The lowest BCUT2D eigenvalue weighted by Gasteiger charge is -2.14. The number of nitrogens with one attached hydrogen (secondary N) is 1. The van der Waals surface area contributed by atoms with Gasteiger partial charge in [0.15, 0.2) is 0 Å². The molecule has 0 spiro atoms. The van der Waals surface area contributed by atoms with Gasteiger partial charge in [-0.05, 0) is 24.6 Å². The maximum atomic E-state index is 12.0. The molecule has 0 saturated carbocycles. The average molecular weight is 289 g/mol. The van der Waals surface area contributed by atoms with Gasteiger partial charge in [0.1, 0.15) is 11.8 Å². The van der Waals surface area contributed by atoms with Crippen LogP contribution in [0.5, 0.6) is 5.75 Å². The highest BCUT2D eigenvalue weighted by molar-refractivity contribution is 5.97. The molecular weight excluding hydrogens is 274 g/mol. The number of ether oxygens (including phenoxy) is 1. The summed E-state index contributed by atoms with van der Waals surface area (Å²) in [4.78, 5) is 34.1. The molecule has 0 heterocycles. The van der Waals surface area contributed by atoms with Crippen LogP contribution in [0, 0.1) is 11.3 Å². The topological polar surface area (TPSA) is 122 Å². The number of carbonyl (C=O) groups is 3. The summed E-state index contributed by atoms with van der Waals surface area (Å²) in [6.07, 6.45) is 0.239. The highest BCUT2D eigenvalue weighted by Crippen LogP contribution is 2.14. The first-order valence-corrected chi connectivity index (χ1v) is 6.19. The summed E-state index contributed by atoms with van der Waals surface area (Å²) in [6.45, 7) is 1.25. The number of primary amides is 1. The van der Waals surface area contributed by atoms with Crippen molar-refractivity contribution < 1.29 is 19.1 Å². The monoisotopic (exact) mass is 289 g/mol. The molecule has 0 saturated heterocycles. The van der Waals surface area contributed by atoms with Gasteiger partial charge in [-0.2, -0.15) is 5.26 Å². The molecule has 0 radical (unpaired) electrons. The van der Waals surface area contributed by atoms with E-state index in [2.05, 4.69) is 5.32 Å². The van der Waals surface area contributed by atoms with Crippen molar-refractivity contribution in [2.24, 2.45) is 5.73 Å². The molecule has 7 nitrogen and oxygen atoms in total. The van der Waals surface area contributed by atoms with Crippen LogP contribution >= 0.6 is 0 Å². The standard InChI is InChI=1S/C14H15N3O4/c1-9(18)21-11-5-2-4-10(8-11)14(20)17-12(13(16)19)6-3-7-15/h2,4-5,8,12H,3,6H2,1H3,(H2,16,19)(H,17,20)/t12-/m1/s1. The Morgan fingerprint density at radius 2 is 2.14 bits per heavy atom. The fourth-order valence-electron chi connectivity index (χ4n) is 1.60. The molecule has 0 fully saturated rings. The van der Waals surface area contributed by atoms with Gasteiger partial charge in [0, 0.05) is 18.9 Å². The smallest absolute Gasteiger partial charge is 0.308 e. The highest BCUT2D eigenvalue weighted by Gasteiger charge is 2.18. The third-order valence-corrected chi connectivity index (χ3v) is 2.55. The molecule has 1 rings (SSSR count). The van der Waals surface area contributed by atoms with Crippen LogP contribution in [0.2, 0.25) is 0 Å². The summed E-state index contributed by atoms with van der Waals surface area (Å²) in [5.41, 5.74) is 5.39. The first-order valence-electron chi connectivity index (χ1n) is 6.19. The highest BCUT2D eigenvalue weighted by atomic mass is 16.5. The number of amides is 2. The fraction of sp³-hybridized carbons (Fsp3) is 0.286. The lowest BCUT2D eigenvalue weighted by atomic mass is 10.1. The second-order valence-corrected chi connectivity index (χ2v) is 4.25. The van der Waals surface area contributed by atoms with Gasteiger partial charge in [-0.25, -0.2) is 0 Å². The normalized spacial score (nSPS) is 11.0. The Morgan fingerprint density at radius 1 is 1.43 bits per heavy atom. The number of carbonyl (C=O) groups excluding carboxylic acids is 3. The van der Waals surface area contributed by atoms with Gasteiger partial charge in [-0.1, -0.05) is 6.07 Å². The zero-order valence-corrected chi connectivity index (χ0v) is 11.5. The second-order valence-electron chi connectivity index (χ2n) is 4.25. The van der Waals surface area contributed by atoms with Gasteiger partial charge in [0.25, 0.3) is 5.91 Å². The van der Waals surface area contributed by atoms with Gasteiger partial charge in [0.2, 0.25) is 5.91 Å². The van der Waals surface area contributed by atoms with Crippen LogP contribution in [0.3, 0.4) is 0 Å². The Bertz CT molecular complexity index is 592. The first kappa shape index (κ1) is 16.2. The number of hydrogen-bond donors (Lipinski definition) is 2. The summed E-state index contributed by atoms with van der Waals surface area (Å²) >= 11 is 0. The number of benzene rings is 1. The third-order valence-electron chi connectivity index (χ3n) is 2.55. The molecule has 1 atom stereocenters.